The summed E-state index contributed by atoms with van der Waals surface area (Å²) in [5.41, 5.74) is 2.33. The Bertz CT molecular complexity index is 378. The molecule has 0 amide bonds. The van der Waals surface area contributed by atoms with Gasteiger partial charge in [-0.05, 0) is 31.9 Å². The minimum atomic E-state index is -0.0397. The van der Waals surface area contributed by atoms with Crippen molar-refractivity contribution in [2.45, 2.75) is 20.3 Å². The maximum Gasteiger partial charge on any atom is 0.159 e. The van der Waals surface area contributed by atoms with Gasteiger partial charge < -0.3 is 5.11 Å². The van der Waals surface area contributed by atoms with Crippen LogP contribution in [-0.2, 0) is 6.42 Å². The SMILES string of the molecule is C=C(C)Cc1ccc(C(C)=O)cc1O. The highest BCUT2D eigenvalue weighted by molar-refractivity contribution is 5.94. The third-order valence-electron chi connectivity index (χ3n) is 1.98. The minimum Gasteiger partial charge on any atom is -0.508 e. The van der Waals surface area contributed by atoms with Crippen molar-refractivity contribution in [1.29, 1.82) is 0 Å². The summed E-state index contributed by atoms with van der Waals surface area (Å²) >= 11 is 0. The third kappa shape index (κ3) is 2.46. The molecule has 0 atom stereocenters. The number of carbonyl (C=O) groups excluding carboxylic acids is 1. The van der Waals surface area contributed by atoms with Gasteiger partial charge in [-0.1, -0.05) is 24.3 Å². The van der Waals surface area contributed by atoms with Crippen LogP contribution in [0.3, 0.4) is 0 Å². The van der Waals surface area contributed by atoms with Gasteiger partial charge in [-0.15, -0.1) is 0 Å². The van der Waals surface area contributed by atoms with Crippen LogP contribution in [0.4, 0.5) is 0 Å². The Hall–Kier alpha value is -1.57. The van der Waals surface area contributed by atoms with Crippen LogP contribution in [-0.4, -0.2) is 10.9 Å². The fourth-order valence-corrected chi connectivity index (χ4v) is 1.26. The topological polar surface area (TPSA) is 37.3 Å². The van der Waals surface area contributed by atoms with Gasteiger partial charge >= 0.3 is 0 Å². The van der Waals surface area contributed by atoms with Crippen molar-refractivity contribution >= 4 is 5.78 Å². The third-order valence-corrected chi connectivity index (χ3v) is 1.98. The van der Waals surface area contributed by atoms with E-state index in [0.29, 0.717) is 12.0 Å². The van der Waals surface area contributed by atoms with Crippen LogP contribution in [0.2, 0.25) is 0 Å². The number of phenolic OH excluding ortho intramolecular Hbond substituents is 1. The second-order valence-electron chi connectivity index (χ2n) is 3.53. The molecular formula is C12H14O2. The van der Waals surface area contributed by atoms with E-state index >= 15 is 0 Å². The van der Waals surface area contributed by atoms with Gasteiger partial charge in [0, 0.05) is 5.56 Å². The number of benzene rings is 1. The van der Waals surface area contributed by atoms with Crippen molar-refractivity contribution < 1.29 is 9.90 Å². The van der Waals surface area contributed by atoms with Crippen LogP contribution in [0.25, 0.3) is 0 Å². The molecule has 0 aliphatic heterocycles. The van der Waals surface area contributed by atoms with Crippen molar-refractivity contribution in [3.8, 4) is 5.75 Å². The number of phenols is 1. The summed E-state index contributed by atoms with van der Waals surface area (Å²) in [7, 11) is 0. The van der Waals surface area contributed by atoms with Gasteiger partial charge in [-0.25, -0.2) is 0 Å². The van der Waals surface area contributed by atoms with E-state index in [1.54, 1.807) is 12.1 Å². The van der Waals surface area contributed by atoms with Gasteiger partial charge in [-0.3, -0.25) is 4.79 Å². The molecule has 1 rings (SSSR count). The van der Waals surface area contributed by atoms with Crippen molar-refractivity contribution in [2.24, 2.45) is 0 Å². The van der Waals surface area contributed by atoms with Gasteiger partial charge in [0.2, 0.25) is 0 Å². The first-order valence-corrected chi connectivity index (χ1v) is 4.48. The molecule has 14 heavy (non-hydrogen) atoms. The normalized spacial score (nSPS) is 9.86. The lowest BCUT2D eigenvalue weighted by Gasteiger charge is -2.05. The molecule has 0 radical (unpaired) electrons. The van der Waals surface area contributed by atoms with Crippen molar-refractivity contribution in [1.82, 2.24) is 0 Å². The molecule has 0 aliphatic carbocycles. The lowest BCUT2D eigenvalue weighted by molar-refractivity contribution is 0.101. The van der Waals surface area contributed by atoms with E-state index in [0.717, 1.165) is 11.1 Å². The fraction of sp³-hybridized carbons (Fsp3) is 0.250. The number of aromatic hydroxyl groups is 1. The summed E-state index contributed by atoms with van der Waals surface area (Å²) in [5.74, 6) is 0.128. The van der Waals surface area contributed by atoms with Crippen molar-refractivity contribution in [3.05, 3.63) is 41.5 Å². The zero-order chi connectivity index (χ0) is 10.7. The molecule has 1 aromatic rings. The molecule has 0 aromatic heterocycles. The zero-order valence-corrected chi connectivity index (χ0v) is 8.50. The van der Waals surface area contributed by atoms with E-state index in [9.17, 15) is 9.90 Å². The number of Topliss-reactive ketones (excluding diaryl/α,β-unsaturated/α-hetero) is 1. The number of rotatable bonds is 3. The summed E-state index contributed by atoms with van der Waals surface area (Å²) in [4.78, 5) is 11.0. The molecule has 0 heterocycles. The molecule has 0 saturated heterocycles. The Morgan fingerprint density at radius 1 is 1.43 bits per heavy atom. The van der Waals surface area contributed by atoms with E-state index in [1.807, 2.05) is 6.92 Å². The Kier molecular flexibility index (Phi) is 3.07. The van der Waals surface area contributed by atoms with E-state index in [2.05, 4.69) is 6.58 Å². The summed E-state index contributed by atoms with van der Waals surface area (Å²) in [6.45, 7) is 7.15. The van der Waals surface area contributed by atoms with Gasteiger partial charge in [-0.2, -0.15) is 0 Å². The molecule has 0 spiro atoms. The highest BCUT2D eigenvalue weighted by atomic mass is 16.3. The predicted molar refractivity (Wildman–Crippen MR) is 56.6 cm³/mol. The van der Waals surface area contributed by atoms with Crippen molar-refractivity contribution in [2.75, 3.05) is 0 Å². The first kappa shape index (κ1) is 10.5. The molecule has 74 valence electrons. The van der Waals surface area contributed by atoms with Crippen LogP contribution in [0.5, 0.6) is 5.75 Å². The molecule has 0 aliphatic rings. The Labute approximate surface area is 83.9 Å². The number of hydrogen-bond acceptors (Lipinski definition) is 2. The number of hydrogen-bond donors (Lipinski definition) is 1. The first-order chi connectivity index (χ1) is 6.50. The highest BCUT2D eigenvalue weighted by Gasteiger charge is 2.05. The van der Waals surface area contributed by atoms with Crippen LogP contribution in [0.1, 0.15) is 29.8 Å². The lowest BCUT2D eigenvalue weighted by atomic mass is 10.0. The molecule has 0 unspecified atom stereocenters. The summed E-state index contributed by atoms with van der Waals surface area (Å²) in [5, 5.41) is 9.60. The molecule has 0 saturated carbocycles. The summed E-state index contributed by atoms with van der Waals surface area (Å²) in [6, 6.07) is 4.99. The molecule has 2 nitrogen and oxygen atoms in total. The van der Waals surface area contributed by atoms with Crippen LogP contribution in [0, 0.1) is 0 Å². The predicted octanol–water partition coefficient (Wildman–Crippen LogP) is 2.71. The first-order valence-electron chi connectivity index (χ1n) is 4.48. The average molecular weight is 190 g/mol. The smallest absolute Gasteiger partial charge is 0.159 e. The lowest BCUT2D eigenvalue weighted by Crippen LogP contribution is -1.94. The fourth-order valence-electron chi connectivity index (χ4n) is 1.26. The van der Waals surface area contributed by atoms with Crippen LogP contribution >= 0.6 is 0 Å². The second kappa shape index (κ2) is 4.09. The Morgan fingerprint density at radius 3 is 2.50 bits per heavy atom. The molecule has 0 fully saturated rings. The van der Waals surface area contributed by atoms with Gasteiger partial charge in [0.15, 0.2) is 5.78 Å². The van der Waals surface area contributed by atoms with E-state index in [1.165, 1.54) is 13.0 Å². The number of ketones is 1. The molecule has 1 N–H and O–H groups in total. The maximum atomic E-state index is 11.0. The van der Waals surface area contributed by atoms with E-state index in [-0.39, 0.29) is 11.5 Å². The highest BCUT2D eigenvalue weighted by Crippen LogP contribution is 2.21. The molecule has 1 aromatic carbocycles. The van der Waals surface area contributed by atoms with Crippen LogP contribution in [0.15, 0.2) is 30.4 Å². The zero-order valence-electron chi connectivity index (χ0n) is 8.50. The van der Waals surface area contributed by atoms with Crippen LogP contribution < -0.4 is 0 Å². The maximum absolute atomic E-state index is 11.0. The largest absolute Gasteiger partial charge is 0.508 e. The van der Waals surface area contributed by atoms with E-state index < -0.39 is 0 Å². The monoisotopic (exact) mass is 190 g/mol. The van der Waals surface area contributed by atoms with E-state index in [4.69, 9.17) is 0 Å². The Morgan fingerprint density at radius 2 is 2.07 bits per heavy atom. The standard InChI is InChI=1S/C12H14O2/c1-8(2)6-11-5-4-10(9(3)13)7-12(11)14/h4-5,7,14H,1,6H2,2-3H3. The molecule has 0 bridgehead atoms. The molecule has 2 heteroatoms. The average Bonchev–Trinajstić information content (AvgIpc) is 2.07. The quantitative estimate of drug-likeness (QED) is 0.587. The second-order valence-corrected chi connectivity index (χ2v) is 3.53. The molecular weight excluding hydrogens is 176 g/mol. The summed E-state index contributed by atoms with van der Waals surface area (Å²) in [6.07, 6.45) is 0.643. The van der Waals surface area contributed by atoms with Crippen molar-refractivity contribution in [3.63, 3.8) is 0 Å². The van der Waals surface area contributed by atoms with Gasteiger partial charge in [0.1, 0.15) is 5.75 Å². The number of carbonyl (C=O) groups is 1. The Balaban J connectivity index is 3.01. The number of allylic oxidation sites excluding steroid dienone is 1. The summed E-state index contributed by atoms with van der Waals surface area (Å²) < 4.78 is 0. The van der Waals surface area contributed by atoms with Gasteiger partial charge in [0.25, 0.3) is 0 Å². The van der Waals surface area contributed by atoms with Gasteiger partial charge in [0.05, 0.1) is 0 Å². The minimum absolute atomic E-state index is 0.0397.